The van der Waals surface area contributed by atoms with Gasteiger partial charge in [0.25, 0.3) is 0 Å². The van der Waals surface area contributed by atoms with Crippen molar-refractivity contribution in [3.63, 3.8) is 0 Å². The molecule has 1 N–H and O–H groups in total. The second-order valence-corrected chi connectivity index (χ2v) is 5.47. The highest BCUT2D eigenvalue weighted by molar-refractivity contribution is 5.46. The first-order valence-corrected chi connectivity index (χ1v) is 7.08. The highest BCUT2D eigenvalue weighted by Gasteiger charge is 2.33. The summed E-state index contributed by atoms with van der Waals surface area (Å²) in [5.74, 6) is 0. The maximum atomic E-state index is 3.37. The Bertz CT molecular complexity index is 365. The maximum Gasteiger partial charge on any atom is 0.0367 e. The molecule has 98 valence electrons. The van der Waals surface area contributed by atoms with Crippen molar-refractivity contribution in [2.45, 2.75) is 24.9 Å². The van der Waals surface area contributed by atoms with Crippen LogP contribution in [0.2, 0.25) is 0 Å². The van der Waals surface area contributed by atoms with Crippen molar-refractivity contribution in [1.82, 2.24) is 10.2 Å². The molecule has 0 bridgehead atoms. The molecular weight excluding hydrogens is 222 g/mol. The largest absolute Gasteiger partial charge is 0.369 e. The second kappa shape index (κ2) is 5.29. The highest BCUT2D eigenvalue weighted by atomic mass is 15.3. The summed E-state index contributed by atoms with van der Waals surface area (Å²) in [6.07, 6.45) is 2.67. The molecule has 0 unspecified atom stereocenters. The Balaban J connectivity index is 1.50. The molecule has 2 fully saturated rings. The molecule has 1 aromatic carbocycles. The summed E-state index contributed by atoms with van der Waals surface area (Å²) in [6, 6.07) is 12.4. The van der Waals surface area contributed by atoms with Gasteiger partial charge in [-0.05, 0) is 32.0 Å². The fourth-order valence-corrected chi connectivity index (χ4v) is 3.11. The Labute approximate surface area is 110 Å². The smallest absolute Gasteiger partial charge is 0.0367 e. The van der Waals surface area contributed by atoms with E-state index in [0.717, 1.165) is 12.1 Å². The third-order valence-electron chi connectivity index (χ3n) is 4.47. The van der Waals surface area contributed by atoms with Crippen LogP contribution in [-0.2, 0) is 0 Å². The minimum Gasteiger partial charge on any atom is -0.369 e. The normalized spacial score (nSPS) is 29.1. The highest BCUT2D eigenvalue weighted by Crippen LogP contribution is 2.27. The summed E-state index contributed by atoms with van der Waals surface area (Å²) in [5.41, 5.74) is 1.37. The van der Waals surface area contributed by atoms with Gasteiger partial charge in [0.15, 0.2) is 0 Å². The number of anilines is 1. The van der Waals surface area contributed by atoms with E-state index in [-0.39, 0.29) is 0 Å². The summed E-state index contributed by atoms with van der Waals surface area (Å²) in [6.45, 7) is 4.78. The first kappa shape index (κ1) is 12.0. The van der Waals surface area contributed by atoms with Gasteiger partial charge in [0.1, 0.15) is 0 Å². The zero-order chi connectivity index (χ0) is 12.4. The lowest BCUT2D eigenvalue weighted by Gasteiger charge is -2.46. The van der Waals surface area contributed by atoms with Crippen LogP contribution in [0.5, 0.6) is 0 Å². The second-order valence-electron chi connectivity index (χ2n) is 5.47. The van der Waals surface area contributed by atoms with Gasteiger partial charge in [-0.1, -0.05) is 18.2 Å². The lowest BCUT2D eigenvalue weighted by atomic mass is 9.85. The lowest BCUT2D eigenvalue weighted by Crippen LogP contribution is -2.57. The molecule has 0 amide bonds. The molecule has 1 heterocycles. The quantitative estimate of drug-likeness (QED) is 0.872. The fourth-order valence-electron chi connectivity index (χ4n) is 3.11. The molecule has 1 saturated heterocycles. The monoisotopic (exact) mass is 245 g/mol. The van der Waals surface area contributed by atoms with Crippen molar-refractivity contribution in [3.05, 3.63) is 30.3 Å². The van der Waals surface area contributed by atoms with Crippen LogP contribution >= 0.6 is 0 Å². The number of nitrogens with one attached hydrogen (secondary N) is 1. The SMILES string of the molecule is CNC1CC(N2CCN(c3ccccc3)CC2)C1. The molecule has 18 heavy (non-hydrogen) atoms. The van der Waals surface area contributed by atoms with Crippen molar-refractivity contribution in [1.29, 1.82) is 0 Å². The van der Waals surface area contributed by atoms with Gasteiger partial charge in [0.05, 0.1) is 0 Å². The molecule has 3 rings (SSSR count). The Kier molecular flexibility index (Phi) is 3.52. The Morgan fingerprint density at radius 1 is 1.00 bits per heavy atom. The molecule has 3 nitrogen and oxygen atoms in total. The van der Waals surface area contributed by atoms with Gasteiger partial charge in [-0.2, -0.15) is 0 Å². The van der Waals surface area contributed by atoms with Gasteiger partial charge >= 0.3 is 0 Å². The fraction of sp³-hybridized carbons (Fsp3) is 0.600. The molecule has 2 aliphatic rings. The van der Waals surface area contributed by atoms with Crippen molar-refractivity contribution in [2.75, 3.05) is 38.1 Å². The van der Waals surface area contributed by atoms with Crippen LogP contribution in [0.4, 0.5) is 5.69 Å². The predicted octanol–water partition coefficient (Wildman–Crippen LogP) is 1.56. The Morgan fingerprint density at radius 3 is 2.28 bits per heavy atom. The summed E-state index contributed by atoms with van der Waals surface area (Å²) in [5, 5.41) is 3.37. The van der Waals surface area contributed by atoms with Crippen molar-refractivity contribution in [2.24, 2.45) is 0 Å². The zero-order valence-corrected chi connectivity index (χ0v) is 11.2. The number of nitrogens with zero attached hydrogens (tertiary/aromatic N) is 2. The van der Waals surface area contributed by atoms with Gasteiger partial charge in [-0.3, -0.25) is 4.90 Å². The van der Waals surface area contributed by atoms with Crippen LogP contribution in [-0.4, -0.2) is 50.2 Å². The Hall–Kier alpha value is -1.06. The lowest BCUT2D eigenvalue weighted by molar-refractivity contribution is 0.0936. The van der Waals surface area contributed by atoms with Gasteiger partial charge in [0.2, 0.25) is 0 Å². The summed E-state index contributed by atoms with van der Waals surface area (Å²) < 4.78 is 0. The van der Waals surface area contributed by atoms with E-state index in [9.17, 15) is 0 Å². The minimum atomic E-state index is 0.766. The number of rotatable bonds is 3. The van der Waals surface area contributed by atoms with Crippen LogP contribution < -0.4 is 10.2 Å². The third kappa shape index (κ3) is 2.38. The average Bonchev–Trinajstić information content (AvgIpc) is 2.39. The molecule has 1 saturated carbocycles. The van der Waals surface area contributed by atoms with Gasteiger partial charge < -0.3 is 10.2 Å². The van der Waals surface area contributed by atoms with E-state index in [4.69, 9.17) is 0 Å². The number of benzene rings is 1. The number of para-hydroxylation sites is 1. The zero-order valence-electron chi connectivity index (χ0n) is 11.2. The number of piperazine rings is 1. The van der Waals surface area contributed by atoms with Crippen molar-refractivity contribution < 1.29 is 0 Å². The van der Waals surface area contributed by atoms with Crippen LogP contribution in [0.15, 0.2) is 30.3 Å². The van der Waals surface area contributed by atoms with Gasteiger partial charge in [-0.25, -0.2) is 0 Å². The van der Waals surface area contributed by atoms with E-state index in [2.05, 4.69) is 52.5 Å². The average molecular weight is 245 g/mol. The molecular formula is C15H23N3. The summed E-state index contributed by atoms with van der Waals surface area (Å²) in [7, 11) is 2.08. The molecule has 1 aliphatic heterocycles. The Morgan fingerprint density at radius 2 is 1.67 bits per heavy atom. The van der Waals surface area contributed by atoms with Crippen LogP contribution in [0.1, 0.15) is 12.8 Å². The van der Waals surface area contributed by atoms with Crippen LogP contribution in [0.25, 0.3) is 0 Å². The molecule has 0 radical (unpaired) electrons. The first-order valence-electron chi connectivity index (χ1n) is 7.08. The van der Waals surface area contributed by atoms with Gasteiger partial charge in [-0.15, -0.1) is 0 Å². The molecule has 0 aromatic heterocycles. The summed E-state index contributed by atoms with van der Waals surface area (Å²) >= 11 is 0. The van der Waals surface area contributed by atoms with E-state index in [0.29, 0.717) is 0 Å². The number of hydrogen-bond acceptors (Lipinski definition) is 3. The molecule has 1 aliphatic carbocycles. The minimum absolute atomic E-state index is 0.766. The van der Waals surface area contributed by atoms with E-state index in [1.165, 1.54) is 44.7 Å². The van der Waals surface area contributed by atoms with Gasteiger partial charge in [0, 0.05) is 44.0 Å². The third-order valence-corrected chi connectivity index (χ3v) is 4.47. The van der Waals surface area contributed by atoms with E-state index in [1.54, 1.807) is 0 Å². The number of hydrogen-bond donors (Lipinski definition) is 1. The van der Waals surface area contributed by atoms with E-state index >= 15 is 0 Å². The van der Waals surface area contributed by atoms with Crippen LogP contribution in [0, 0.1) is 0 Å². The van der Waals surface area contributed by atoms with Crippen molar-refractivity contribution in [3.8, 4) is 0 Å². The maximum absolute atomic E-state index is 3.37. The topological polar surface area (TPSA) is 18.5 Å². The van der Waals surface area contributed by atoms with Crippen LogP contribution in [0.3, 0.4) is 0 Å². The van der Waals surface area contributed by atoms with E-state index in [1.807, 2.05) is 0 Å². The standard InChI is InChI=1S/C15H23N3/c1-16-13-11-15(12-13)18-9-7-17(8-10-18)14-5-3-2-4-6-14/h2-6,13,15-16H,7-12H2,1H3. The molecule has 3 heteroatoms. The molecule has 0 atom stereocenters. The first-order chi connectivity index (χ1) is 8.86. The van der Waals surface area contributed by atoms with E-state index < -0.39 is 0 Å². The summed E-state index contributed by atoms with van der Waals surface area (Å²) in [4.78, 5) is 5.18. The molecule has 0 spiro atoms. The van der Waals surface area contributed by atoms with Crippen molar-refractivity contribution >= 4 is 5.69 Å². The predicted molar refractivity (Wildman–Crippen MR) is 76.1 cm³/mol. The molecule has 1 aromatic rings.